The Morgan fingerprint density at radius 2 is 2.00 bits per heavy atom. The Morgan fingerprint density at radius 1 is 1.25 bits per heavy atom. The van der Waals surface area contributed by atoms with Crippen LogP contribution in [0.3, 0.4) is 0 Å². The molecule has 0 aliphatic rings. The fourth-order valence-electron chi connectivity index (χ4n) is 2.13. The molecule has 0 heterocycles. The largest absolute Gasteiger partial charge is 0.497 e. The molecule has 1 N–H and O–H groups in total. The first-order valence-electron chi connectivity index (χ1n) is 7.86. The molecule has 0 spiro atoms. The summed E-state index contributed by atoms with van der Waals surface area (Å²) in [6, 6.07) is 5.31. The molecule has 1 amide bonds. The second-order valence-electron chi connectivity index (χ2n) is 5.31. The van der Waals surface area contributed by atoms with Gasteiger partial charge in [-0.3, -0.25) is 4.79 Å². The molecular weight excluding hydrogens is 310 g/mol. The van der Waals surface area contributed by atoms with Crippen LogP contribution >= 0.6 is 0 Å². The molecule has 1 unspecified atom stereocenters. The van der Waals surface area contributed by atoms with Crippen LogP contribution in [0, 0.1) is 0 Å². The van der Waals surface area contributed by atoms with Gasteiger partial charge >= 0.3 is 5.97 Å². The molecule has 1 rings (SSSR count). The molecule has 24 heavy (non-hydrogen) atoms. The van der Waals surface area contributed by atoms with E-state index < -0.39 is 5.97 Å². The molecule has 0 aliphatic carbocycles. The summed E-state index contributed by atoms with van der Waals surface area (Å²) in [5.74, 6) is 0.342. The maximum atomic E-state index is 11.7. The lowest BCUT2D eigenvalue weighted by atomic mass is 10.1. The molecule has 1 aromatic rings. The minimum Gasteiger partial charge on any atom is -0.497 e. The first kappa shape index (κ1) is 19.5. The third-order valence-electron chi connectivity index (χ3n) is 3.31. The van der Waals surface area contributed by atoms with Crippen molar-refractivity contribution in [2.75, 3.05) is 20.8 Å². The number of methoxy groups -OCH3 is 2. The Labute approximate surface area is 142 Å². The molecule has 0 fully saturated rings. The van der Waals surface area contributed by atoms with Gasteiger partial charge in [0.05, 0.1) is 14.2 Å². The molecule has 132 valence electrons. The van der Waals surface area contributed by atoms with E-state index in [-0.39, 0.29) is 18.6 Å². The van der Waals surface area contributed by atoms with Gasteiger partial charge in [-0.15, -0.1) is 0 Å². The number of esters is 1. The zero-order chi connectivity index (χ0) is 17.9. The lowest BCUT2D eigenvalue weighted by molar-refractivity contribution is -0.144. The van der Waals surface area contributed by atoms with E-state index in [1.165, 1.54) is 6.08 Å². The van der Waals surface area contributed by atoms with Gasteiger partial charge in [0.15, 0.2) is 6.61 Å². The van der Waals surface area contributed by atoms with Crippen molar-refractivity contribution in [3.63, 3.8) is 0 Å². The van der Waals surface area contributed by atoms with E-state index in [1.54, 1.807) is 38.5 Å². The summed E-state index contributed by atoms with van der Waals surface area (Å²) in [6.07, 6.45) is 4.67. The smallest absolute Gasteiger partial charge is 0.331 e. The monoisotopic (exact) mass is 335 g/mol. The molecular formula is C18H25NO5. The minimum atomic E-state index is -0.599. The summed E-state index contributed by atoms with van der Waals surface area (Å²) < 4.78 is 15.3. The molecule has 1 aromatic carbocycles. The van der Waals surface area contributed by atoms with Crippen LogP contribution in [0.1, 0.15) is 32.3 Å². The van der Waals surface area contributed by atoms with E-state index in [1.807, 2.05) is 13.8 Å². The topological polar surface area (TPSA) is 73.9 Å². The van der Waals surface area contributed by atoms with Crippen LogP contribution in [-0.2, 0) is 14.3 Å². The van der Waals surface area contributed by atoms with Gasteiger partial charge in [0.2, 0.25) is 0 Å². The molecule has 1 atom stereocenters. The number of amides is 1. The number of carbonyl (C=O) groups is 2. The highest BCUT2D eigenvalue weighted by atomic mass is 16.5. The van der Waals surface area contributed by atoms with Gasteiger partial charge in [0.1, 0.15) is 11.5 Å². The Kier molecular flexibility index (Phi) is 8.39. The third kappa shape index (κ3) is 6.73. The predicted octanol–water partition coefficient (Wildman–Crippen LogP) is 2.57. The van der Waals surface area contributed by atoms with Gasteiger partial charge in [-0.1, -0.05) is 13.3 Å². The van der Waals surface area contributed by atoms with Crippen molar-refractivity contribution in [1.29, 1.82) is 0 Å². The lowest BCUT2D eigenvalue weighted by Crippen LogP contribution is -2.35. The van der Waals surface area contributed by atoms with Crippen LogP contribution < -0.4 is 14.8 Å². The highest BCUT2D eigenvalue weighted by molar-refractivity contribution is 5.89. The maximum Gasteiger partial charge on any atom is 0.331 e. The van der Waals surface area contributed by atoms with Gasteiger partial charge in [-0.2, -0.15) is 0 Å². The molecule has 0 aliphatic heterocycles. The highest BCUT2D eigenvalue weighted by Gasteiger charge is 2.09. The van der Waals surface area contributed by atoms with Crippen LogP contribution in [0.2, 0.25) is 0 Å². The summed E-state index contributed by atoms with van der Waals surface area (Å²) in [4.78, 5) is 23.4. The summed E-state index contributed by atoms with van der Waals surface area (Å²) in [5.41, 5.74) is 0.676. The molecule has 0 radical (unpaired) electrons. The summed E-state index contributed by atoms with van der Waals surface area (Å²) >= 11 is 0. The maximum absolute atomic E-state index is 11.7. The predicted molar refractivity (Wildman–Crippen MR) is 92.1 cm³/mol. The average Bonchev–Trinajstić information content (AvgIpc) is 2.57. The zero-order valence-corrected chi connectivity index (χ0v) is 14.6. The molecule has 0 aromatic heterocycles. The van der Waals surface area contributed by atoms with E-state index in [4.69, 9.17) is 14.2 Å². The second kappa shape index (κ2) is 10.3. The summed E-state index contributed by atoms with van der Waals surface area (Å²) in [7, 11) is 3.10. The molecule has 0 saturated carbocycles. The Balaban J connectivity index is 2.55. The van der Waals surface area contributed by atoms with Crippen LogP contribution in [-0.4, -0.2) is 38.7 Å². The van der Waals surface area contributed by atoms with Crippen LogP contribution in [0.4, 0.5) is 0 Å². The fraction of sp³-hybridized carbons (Fsp3) is 0.444. The number of benzene rings is 1. The first-order valence-corrected chi connectivity index (χ1v) is 7.86. The Hall–Kier alpha value is -2.50. The van der Waals surface area contributed by atoms with E-state index in [0.717, 1.165) is 12.8 Å². The SMILES string of the molecule is CCCC(C)NC(=O)COC(=O)/C=C/c1cc(OC)ccc1OC. The van der Waals surface area contributed by atoms with E-state index in [2.05, 4.69) is 5.32 Å². The standard InChI is InChI=1S/C18H25NO5/c1-5-6-13(2)19-17(20)12-24-18(21)10-7-14-11-15(22-3)8-9-16(14)23-4/h7-11,13H,5-6,12H2,1-4H3,(H,19,20)/b10-7+. The molecule has 0 bridgehead atoms. The van der Waals surface area contributed by atoms with Crippen molar-refractivity contribution in [2.24, 2.45) is 0 Å². The summed E-state index contributed by atoms with van der Waals surface area (Å²) in [6.45, 7) is 3.66. The van der Waals surface area contributed by atoms with E-state index in [0.29, 0.717) is 17.1 Å². The zero-order valence-electron chi connectivity index (χ0n) is 14.6. The number of hydrogen-bond donors (Lipinski definition) is 1. The van der Waals surface area contributed by atoms with Crippen molar-refractivity contribution in [3.8, 4) is 11.5 Å². The van der Waals surface area contributed by atoms with Gasteiger partial charge in [0.25, 0.3) is 5.91 Å². The molecule has 0 saturated heterocycles. The van der Waals surface area contributed by atoms with Gasteiger partial charge in [-0.05, 0) is 37.6 Å². The highest BCUT2D eigenvalue weighted by Crippen LogP contribution is 2.25. The van der Waals surface area contributed by atoms with Crippen LogP contribution in [0.15, 0.2) is 24.3 Å². The fourth-order valence-corrected chi connectivity index (χ4v) is 2.13. The molecule has 6 heteroatoms. The minimum absolute atomic E-state index is 0.0674. The Bertz CT molecular complexity index is 583. The molecule has 6 nitrogen and oxygen atoms in total. The van der Waals surface area contributed by atoms with E-state index in [9.17, 15) is 9.59 Å². The van der Waals surface area contributed by atoms with Crippen molar-refractivity contribution in [2.45, 2.75) is 32.7 Å². The van der Waals surface area contributed by atoms with Gasteiger partial charge < -0.3 is 19.5 Å². The Morgan fingerprint density at radius 3 is 2.62 bits per heavy atom. The number of hydrogen-bond acceptors (Lipinski definition) is 5. The van der Waals surface area contributed by atoms with Crippen molar-refractivity contribution < 1.29 is 23.8 Å². The summed E-state index contributed by atoms with van der Waals surface area (Å²) in [5, 5.41) is 2.77. The normalized spacial score (nSPS) is 11.8. The lowest BCUT2D eigenvalue weighted by Gasteiger charge is -2.12. The third-order valence-corrected chi connectivity index (χ3v) is 3.31. The number of nitrogens with one attached hydrogen (secondary N) is 1. The second-order valence-corrected chi connectivity index (χ2v) is 5.31. The van der Waals surface area contributed by atoms with Crippen molar-refractivity contribution in [3.05, 3.63) is 29.8 Å². The van der Waals surface area contributed by atoms with Gasteiger partial charge in [0, 0.05) is 17.7 Å². The number of rotatable bonds is 9. The average molecular weight is 335 g/mol. The van der Waals surface area contributed by atoms with Crippen molar-refractivity contribution in [1.82, 2.24) is 5.32 Å². The number of carbonyl (C=O) groups excluding carboxylic acids is 2. The first-order chi connectivity index (χ1) is 11.5. The van der Waals surface area contributed by atoms with Crippen LogP contribution in [0.25, 0.3) is 6.08 Å². The van der Waals surface area contributed by atoms with Gasteiger partial charge in [-0.25, -0.2) is 4.79 Å². The quantitative estimate of drug-likeness (QED) is 0.554. The van der Waals surface area contributed by atoms with E-state index >= 15 is 0 Å². The number of ether oxygens (including phenoxy) is 3. The van der Waals surface area contributed by atoms with Crippen molar-refractivity contribution >= 4 is 18.0 Å². The van der Waals surface area contributed by atoms with Crippen LogP contribution in [0.5, 0.6) is 11.5 Å².